The van der Waals surface area contributed by atoms with Gasteiger partial charge in [-0.25, -0.2) is 4.79 Å². The molecule has 0 aliphatic heterocycles. The normalized spacial score (nSPS) is 10.2. The van der Waals surface area contributed by atoms with Gasteiger partial charge in [0.15, 0.2) is 0 Å². The Balaban J connectivity index is 3.04. The molecule has 1 aromatic rings. The maximum Gasteiger partial charge on any atom is 0.339 e. The summed E-state index contributed by atoms with van der Waals surface area (Å²) in [5.74, 6) is -0.302. The van der Waals surface area contributed by atoms with Gasteiger partial charge in [-0.1, -0.05) is 0 Å². The zero-order valence-electron chi connectivity index (χ0n) is 8.83. The van der Waals surface area contributed by atoms with Gasteiger partial charge in [0, 0.05) is 12.7 Å². The first-order chi connectivity index (χ1) is 6.61. The Morgan fingerprint density at radius 3 is 2.64 bits per heavy atom. The molecular weight excluding hydrogens is 177 g/mol. The summed E-state index contributed by atoms with van der Waals surface area (Å²) < 4.78 is 6.75. The molecule has 1 heterocycles. The topological polar surface area (TPSA) is 31.2 Å². The Morgan fingerprint density at radius 1 is 1.57 bits per heavy atom. The van der Waals surface area contributed by atoms with E-state index < -0.39 is 0 Å². The molecule has 0 saturated heterocycles. The summed E-state index contributed by atoms with van der Waals surface area (Å²) in [7, 11) is 5.80. The van der Waals surface area contributed by atoms with Gasteiger partial charge < -0.3 is 9.30 Å². The van der Waals surface area contributed by atoms with Crippen LogP contribution in [0.25, 0.3) is 0 Å². The average molecular weight is 191 g/mol. The zero-order valence-corrected chi connectivity index (χ0v) is 8.83. The van der Waals surface area contributed by atoms with Crippen LogP contribution in [0.2, 0.25) is 0 Å². The second-order valence-corrected chi connectivity index (χ2v) is 3.06. The highest BCUT2D eigenvalue weighted by Gasteiger charge is 2.14. The number of hydrogen-bond donors (Lipinski definition) is 0. The standard InChI is InChI=1S/C10H14BNO2/c1-4-12-6-8(7(3)9(12)11)10(13)14-5-2/h6H,4-5H2,1-3H3. The summed E-state index contributed by atoms with van der Waals surface area (Å²) in [6.45, 7) is 6.73. The highest BCUT2D eigenvalue weighted by atomic mass is 16.5. The summed E-state index contributed by atoms with van der Waals surface area (Å²) in [4.78, 5) is 11.5. The Hall–Kier alpha value is -1.19. The average Bonchev–Trinajstić information content (AvgIpc) is 2.44. The second kappa shape index (κ2) is 4.35. The van der Waals surface area contributed by atoms with E-state index in [2.05, 4.69) is 0 Å². The third kappa shape index (κ3) is 1.84. The molecule has 74 valence electrons. The number of carbonyl (C=O) groups is 1. The number of rotatable bonds is 3. The third-order valence-corrected chi connectivity index (χ3v) is 2.22. The maximum atomic E-state index is 11.5. The second-order valence-electron chi connectivity index (χ2n) is 3.06. The molecule has 0 fully saturated rings. The smallest absolute Gasteiger partial charge is 0.339 e. The molecule has 14 heavy (non-hydrogen) atoms. The van der Waals surface area contributed by atoms with Gasteiger partial charge >= 0.3 is 5.97 Å². The summed E-state index contributed by atoms with van der Waals surface area (Å²) in [6.07, 6.45) is 1.74. The summed E-state index contributed by atoms with van der Waals surface area (Å²) in [5, 5.41) is 0. The van der Waals surface area contributed by atoms with Crippen molar-refractivity contribution in [2.75, 3.05) is 6.61 Å². The molecule has 0 aliphatic rings. The van der Waals surface area contributed by atoms with Crippen molar-refractivity contribution in [3.05, 3.63) is 17.3 Å². The molecule has 0 spiro atoms. The van der Waals surface area contributed by atoms with Crippen LogP contribution in [0.3, 0.4) is 0 Å². The van der Waals surface area contributed by atoms with E-state index in [-0.39, 0.29) is 5.97 Å². The van der Waals surface area contributed by atoms with Crippen molar-refractivity contribution in [2.45, 2.75) is 27.3 Å². The van der Waals surface area contributed by atoms with Crippen LogP contribution in [-0.4, -0.2) is 25.0 Å². The summed E-state index contributed by atoms with van der Waals surface area (Å²) in [6, 6.07) is 0. The maximum absolute atomic E-state index is 11.5. The van der Waals surface area contributed by atoms with Gasteiger partial charge in [-0.3, -0.25) is 0 Å². The fourth-order valence-electron chi connectivity index (χ4n) is 1.35. The van der Waals surface area contributed by atoms with Crippen molar-refractivity contribution in [1.29, 1.82) is 0 Å². The first kappa shape index (κ1) is 10.9. The fourth-order valence-corrected chi connectivity index (χ4v) is 1.35. The highest BCUT2D eigenvalue weighted by Crippen LogP contribution is 2.08. The highest BCUT2D eigenvalue weighted by molar-refractivity contribution is 6.32. The van der Waals surface area contributed by atoms with Crippen molar-refractivity contribution >= 4 is 19.4 Å². The minimum Gasteiger partial charge on any atom is -0.462 e. The predicted octanol–water partition coefficient (Wildman–Crippen LogP) is 0.787. The van der Waals surface area contributed by atoms with E-state index in [1.165, 1.54) is 0 Å². The fraction of sp³-hybridized carbons (Fsp3) is 0.500. The number of nitrogens with zero attached hydrogens (tertiary/aromatic N) is 1. The van der Waals surface area contributed by atoms with Crippen molar-refractivity contribution in [1.82, 2.24) is 4.57 Å². The molecule has 0 bridgehead atoms. The van der Waals surface area contributed by atoms with E-state index in [9.17, 15) is 4.79 Å². The van der Waals surface area contributed by atoms with Crippen LogP contribution >= 0.6 is 0 Å². The van der Waals surface area contributed by atoms with Crippen molar-refractivity contribution < 1.29 is 9.53 Å². The number of carbonyl (C=O) groups excluding carboxylic acids is 1. The lowest BCUT2D eigenvalue weighted by Gasteiger charge is -2.00. The van der Waals surface area contributed by atoms with Crippen LogP contribution in [0.5, 0.6) is 0 Å². The van der Waals surface area contributed by atoms with Gasteiger partial charge in [0.25, 0.3) is 0 Å². The molecule has 2 radical (unpaired) electrons. The quantitative estimate of drug-likeness (QED) is 0.522. The molecular formula is C10H14BNO2. The molecule has 4 heteroatoms. The first-order valence-electron chi connectivity index (χ1n) is 4.74. The van der Waals surface area contributed by atoms with Crippen molar-refractivity contribution in [3.8, 4) is 0 Å². The van der Waals surface area contributed by atoms with Crippen LogP contribution in [-0.2, 0) is 11.3 Å². The largest absolute Gasteiger partial charge is 0.462 e. The number of ether oxygens (including phenoxy) is 1. The van der Waals surface area contributed by atoms with Crippen molar-refractivity contribution in [2.24, 2.45) is 0 Å². The van der Waals surface area contributed by atoms with Crippen LogP contribution in [0.15, 0.2) is 6.20 Å². The van der Waals surface area contributed by atoms with E-state index in [1.54, 1.807) is 13.1 Å². The van der Waals surface area contributed by atoms with Gasteiger partial charge in [-0.2, -0.15) is 0 Å². The Labute approximate surface area is 85.5 Å². The molecule has 1 aromatic heterocycles. The van der Waals surface area contributed by atoms with Gasteiger partial charge in [0.1, 0.15) is 7.85 Å². The molecule has 0 aromatic carbocycles. The van der Waals surface area contributed by atoms with Crippen LogP contribution in [0.4, 0.5) is 0 Å². The lowest BCUT2D eigenvalue weighted by Crippen LogP contribution is -2.17. The Kier molecular flexibility index (Phi) is 3.39. The van der Waals surface area contributed by atoms with E-state index in [0.717, 1.165) is 12.1 Å². The number of esters is 1. The Morgan fingerprint density at radius 2 is 2.21 bits per heavy atom. The lowest BCUT2D eigenvalue weighted by molar-refractivity contribution is 0.0525. The van der Waals surface area contributed by atoms with Crippen LogP contribution < -0.4 is 5.59 Å². The monoisotopic (exact) mass is 191 g/mol. The van der Waals surface area contributed by atoms with Crippen molar-refractivity contribution in [3.63, 3.8) is 0 Å². The van der Waals surface area contributed by atoms with E-state index in [4.69, 9.17) is 12.6 Å². The molecule has 1 rings (SSSR count). The van der Waals surface area contributed by atoms with Gasteiger partial charge in [-0.05, 0) is 31.9 Å². The predicted molar refractivity (Wildman–Crippen MR) is 56.2 cm³/mol. The summed E-state index contributed by atoms with van der Waals surface area (Å²) in [5.41, 5.74) is 1.99. The van der Waals surface area contributed by atoms with Crippen LogP contribution in [0, 0.1) is 6.92 Å². The van der Waals surface area contributed by atoms with E-state index >= 15 is 0 Å². The third-order valence-electron chi connectivity index (χ3n) is 2.22. The first-order valence-corrected chi connectivity index (χ1v) is 4.74. The molecule has 0 aliphatic carbocycles. The molecule has 3 nitrogen and oxygen atoms in total. The van der Waals surface area contributed by atoms with E-state index in [0.29, 0.717) is 17.8 Å². The molecule has 0 amide bonds. The molecule has 0 unspecified atom stereocenters. The van der Waals surface area contributed by atoms with E-state index in [1.807, 2.05) is 18.4 Å². The lowest BCUT2D eigenvalue weighted by atomic mass is 9.98. The number of aromatic nitrogens is 1. The molecule has 0 N–H and O–H groups in total. The number of aryl methyl sites for hydroxylation is 1. The van der Waals surface area contributed by atoms with Gasteiger partial charge in [-0.15, -0.1) is 0 Å². The number of hydrogen-bond acceptors (Lipinski definition) is 2. The minimum atomic E-state index is -0.302. The van der Waals surface area contributed by atoms with Gasteiger partial charge in [0.2, 0.25) is 0 Å². The molecule has 0 saturated carbocycles. The summed E-state index contributed by atoms with van der Waals surface area (Å²) >= 11 is 0. The SMILES string of the molecule is [B]c1c(C)c(C(=O)OCC)cn1CC. The van der Waals surface area contributed by atoms with Crippen LogP contribution in [0.1, 0.15) is 29.8 Å². The molecule has 0 atom stereocenters. The van der Waals surface area contributed by atoms with Gasteiger partial charge in [0.05, 0.1) is 12.2 Å². The Bertz CT molecular complexity index is 344. The zero-order chi connectivity index (χ0) is 10.7. The minimum absolute atomic E-state index is 0.302.